The molecule has 0 aliphatic carbocycles. The third-order valence-corrected chi connectivity index (χ3v) is 5.56. The summed E-state index contributed by atoms with van der Waals surface area (Å²) in [7, 11) is -2.68. The molecule has 6 nitrogen and oxygen atoms in total. The molecule has 1 amide bonds. The SMILES string of the molecule is COc1ccc(S(=O)(=O)N2CCNC(=O)C2(C)C)cc1F. The Bertz CT molecular complexity index is 673. The monoisotopic (exact) mass is 316 g/mol. The summed E-state index contributed by atoms with van der Waals surface area (Å²) in [5.74, 6) is -1.19. The highest BCUT2D eigenvalue weighted by Crippen LogP contribution is 2.28. The highest BCUT2D eigenvalue weighted by atomic mass is 32.2. The maximum Gasteiger partial charge on any atom is 0.244 e. The number of methoxy groups -OCH3 is 1. The predicted octanol–water partition coefficient (Wildman–Crippen LogP) is 0.733. The van der Waals surface area contributed by atoms with Crippen LogP contribution in [0.1, 0.15) is 13.8 Å². The molecule has 0 saturated carbocycles. The molecule has 1 fully saturated rings. The van der Waals surface area contributed by atoms with Gasteiger partial charge in [0.05, 0.1) is 12.0 Å². The standard InChI is InChI=1S/C13H17FN2O4S/c1-13(2)12(17)15-6-7-16(13)21(18,19)9-4-5-11(20-3)10(14)8-9/h4-5,8H,6-7H2,1-3H3,(H,15,17). The number of amides is 1. The number of sulfonamides is 1. The third kappa shape index (κ3) is 2.60. The Morgan fingerprint density at radius 3 is 2.62 bits per heavy atom. The lowest BCUT2D eigenvalue weighted by molar-refractivity contribution is -0.131. The van der Waals surface area contributed by atoms with Crippen molar-refractivity contribution in [3.05, 3.63) is 24.0 Å². The van der Waals surface area contributed by atoms with E-state index >= 15 is 0 Å². The van der Waals surface area contributed by atoms with E-state index in [-0.39, 0.29) is 29.6 Å². The van der Waals surface area contributed by atoms with Crippen LogP contribution in [0.25, 0.3) is 0 Å². The summed E-state index contributed by atoms with van der Waals surface area (Å²) in [4.78, 5) is 11.7. The van der Waals surface area contributed by atoms with Crippen molar-refractivity contribution >= 4 is 15.9 Å². The van der Waals surface area contributed by atoms with Crippen molar-refractivity contribution in [1.82, 2.24) is 9.62 Å². The molecule has 1 N–H and O–H groups in total. The van der Waals surface area contributed by atoms with E-state index in [2.05, 4.69) is 5.32 Å². The summed E-state index contributed by atoms with van der Waals surface area (Å²) in [6.07, 6.45) is 0. The molecule has 0 aromatic heterocycles. The Morgan fingerprint density at radius 1 is 1.38 bits per heavy atom. The van der Waals surface area contributed by atoms with Crippen LogP contribution < -0.4 is 10.1 Å². The first-order chi connectivity index (χ1) is 9.71. The van der Waals surface area contributed by atoms with Gasteiger partial charge in [-0.25, -0.2) is 12.8 Å². The van der Waals surface area contributed by atoms with Crippen molar-refractivity contribution in [3.8, 4) is 5.75 Å². The normalized spacial score (nSPS) is 19.1. The van der Waals surface area contributed by atoms with Gasteiger partial charge in [-0.15, -0.1) is 0 Å². The van der Waals surface area contributed by atoms with Gasteiger partial charge < -0.3 is 10.1 Å². The first-order valence-corrected chi connectivity index (χ1v) is 7.80. The molecule has 0 atom stereocenters. The van der Waals surface area contributed by atoms with Crippen molar-refractivity contribution in [2.75, 3.05) is 20.2 Å². The number of rotatable bonds is 3. The zero-order chi connectivity index (χ0) is 15.8. The van der Waals surface area contributed by atoms with Crippen molar-refractivity contribution in [3.63, 3.8) is 0 Å². The molecular formula is C13H17FN2O4S. The van der Waals surface area contributed by atoms with Crippen LogP contribution in [0, 0.1) is 5.82 Å². The van der Waals surface area contributed by atoms with Crippen LogP contribution in [0.15, 0.2) is 23.1 Å². The van der Waals surface area contributed by atoms with Crippen LogP contribution in [0.5, 0.6) is 5.75 Å². The number of nitrogens with one attached hydrogen (secondary N) is 1. The van der Waals surface area contributed by atoms with E-state index in [9.17, 15) is 17.6 Å². The molecule has 0 spiro atoms. The first kappa shape index (κ1) is 15.7. The van der Waals surface area contributed by atoms with Gasteiger partial charge in [-0.05, 0) is 32.0 Å². The number of piperazine rings is 1. The Kier molecular flexibility index (Phi) is 3.94. The molecule has 116 valence electrons. The summed E-state index contributed by atoms with van der Waals surface area (Å²) < 4.78 is 44.9. The first-order valence-electron chi connectivity index (χ1n) is 6.36. The molecule has 0 unspecified atom stereocenters. The maximum atomic E-state index is 13.7. The second-order valence-corrected chi connectivity index (χ2v) is 7.05. The molecule has 8 heteroatoms. The lowest BCUT2D eigenvalue weighted by atomic mass is 10.0. The summed E-state index contributed by atoms with van der Waals surface area (Å²) >= 11 is 0. The van der Waals surface area contributed by atoms with E-state index in [4.69, 9.17) is 4.74 Å². The Morgan fingerprint density at radius 2 is 2.05 bits per heavy atom. The van der Waals surface area contributed by atoms with Crippen LogP contribution in [-0.4, -0.2) is 44.4 Å². The highest BCUT2D eigenvalue weighted by molar-refractivity contribution is 7.89. The minimum atomic E-state index is -3.97. The Hall–Kier alpha value is -1.67. The second kappa shape index (κ2) is 5.27. The number of ether oxygens (including phenoxy) is 1. The number of benzene rings is 1. The fourth-order valence-corrected chi connectivity index (χ4v) is 4.00. The molecule has 1 aromatic rings. The van der Waals surface area contributed by atoms with E-state index in [1.54, 1.807) is 0 Å². The number of carbonyl (C=O) groups is 1. The zero-order valence-corrected chi connectivity index (χ0v) is 12.8. The van der Waals surface area contributed by atoms with Gasteiger partial charge in [-0.3, -0.25) is 4.79 Å². The van der Waals surface area contributed by atoms with Crippen LogP contribution in [0.3, 0.4) is 0 Å². The summed E-state index contributed by atoms with van der Waals surface area (Å²) in [5, 5.41) is 2.62. The summed E-state index contributed by atoms with van der Waals surface area (Å²) in [6, 6.07) is 3.41. The van der Waals surface area contributed by atoms with Gasteiger partial charge in [0, 0.05) is 13.1 Å². The van der Waals surface area contributed by atoms with E-state index in [1.165, 1.54) is 33.1 Å². The van der Waals surface area contributed by atoms with E-state index in [0.29, 0.717) is 0 Å². The summed E-state index contributed by atoms with van der Waals surface area (Å²) in [5.41, 5.74) is -1.23. The largest absolute Gasteiger partial charge is 0.494 e. The van der Waals surface area contributed by atoms with Crippen LogP contribution in [0.2, 0.25) is 0 Å². The molecule has 0 bridgehead atoms. The summed E-state index contributed by atoms with van der Waals surface area (Å²) in [6.45, 7) is 3.38. The molecule has 21 heavy (non-hydrogen) atoms. The molecule has 1 aliphatic heterocycles. The highest BCUT2D eigenvalue weighted by Gasteiger charge is 2.45. The maximum absolute atomic E-state index is 13.7. The van der Waals surface area contributed by atoms with E-state index in [1.807, 2.05) is 0 Å². The van der Waals surface area contributed by atoms with Crippen molar-refractivity contribution < 1.29 is 22.3 Å². The van der Waals surface area contributed by atoms with Gasteiger partial charge >= 0.3 is 0 Å². The van der Waals surface area contributed by atoms with Crippen LogP contribution >= 0.6 is 0 Å². The molecular weight excluding hydrogens is 299 g/mol. The minimum absolute atomic E-state index is 0.0374. The fourth-order valence-electron chi connectivity index (χ4n) is 2.24. The number of carbonyl (C=O) groups excluding carboxylic acids is 1. The molecule has 0 radical (unpaired) electrons. The molecule has 1 aliphatic rings. The van der Waals surface area contributed by atoms with Crippen molar-refractivity contribution in [1.29, 1.82) is 0 Å². The van der Waals surface area contributed by atoms with E-state index < -0.39 is 21.4 Å². The van der Waals surface area contributed by atoms with Gasteiger partial charge in [0.15, 0.2) is 11.6 Å². The molecule has 1 saturated heterocycles. The lowest BCUT2D eigenvalue weighted by Gasteiger charge is -2.39. The van der Waals surface area contributed by atoms with Gasteiger partial charge in [0.1, 0.15) is 5.54 Å². The zero-order valence-electron chi connectivity index (χ0n) is 12.0. The number of hydrogen-bond acceptors (Lipinski definition) is 4. The van der Waals surface area contributed by atoms with Gasteiger partial charge in [-0.1, -0.05) is 0 Å². The number of halogens is 1. The van der Waals surface area contributed by atoms with Gasteiger partial charge in [0.25, 0.3) is 0 Å². The topological polar surface area (TPSA) is 75.7 Å². The molecule has 2 rings (SSSR count). The minimum Gasteiger partial charge on any atom is -0.494 e. The smallest absolute Gasteiger partial charge is 0.244 e. The molecule has 1 heterocycles. The van der Waals surface area contributed by atoms with Crippen LogP contribution in [-0.2, 0) is 14.8 Å². The van der Waals surface area contributed by atoms with Gasteiger partial charge in [-0.2, -0.15) is 4.31 Å². The van der Waals surface area contributed by atoms with Crippen LogP contribution in [0.4, 0.5) is 4.39 Å². The third-order valence-electron chi connectivity index (χ3n) is 3.49. The van der Waals surface area contributed by atoms with E-state index in [0.717, 1.165) is 10.4 Å². The van der Waals surface area contributed by atoms with Crippen molar-refractivity contribution in [2.24, 2.45) is 0 Å². The second-order valence-electron chi connectivity index (χ2n) is 5.19. The Labute approximate surface area is 122 Å². The quantitative estimate of drug-likeness (QED) is 0.892. The number of hydrogen-bond donors (Lipinski definition) is 1. The molecule has 1 aromatic carbocycles. The predicted molar refractivity (Wildman–Crippen MR) is 73.9 cm³/mol. The average Bonchev–Trinajstić information content (AvgIpc) is 2.41. The lowest BCUT2D eigenvalue weighted by Crippen LogP contribution is -2.63. The van der Waals surface area contributed by atoms with Gasteiger partial charge in [0.2, 0.25) is 15.9 Å². The number of nitrogens with zero attached hydrogens (tertiary/aromatic N) is 1. The average molecular weight is 316 g/mol. The fraction of sp³-hybridized carbons (Fsp3) is 0.462. The van der Waals surface area contributed by atoms with Crippen molar-refractivity contribution in [2.45, 2.75) is 24.3 Å². The Balaban J connectivity index is 2.46.